The van der Waals surface area contributed by atoms with Crippen molar-refractivity contribution in [3.8, 4) is 0 Å². The van der Waals surface area contributed by atoms with Crippen molar-refractivity contribution in [3.05, 3.63) is 28.9 Å². The Morgan fingerprint density at radius 2 is 2.33 bits per heavy atom. The smallest absolute Gasteiger partial charge is 0.347 e. The third-order valence-electron chi connectivity index (χ3n) is 3.22. The van der Waals surface area contributed by atoms with E-state index in [4.69, 9.17) is 0 Å². The molecule has 4 heteroatoms. The molecule has 0 aromatic carbocycles. The normalized spacial score (nSPS) is 31.5. The summed E-state index contributed by atoms with van der Waals surface area (Å²) in [6.07, 6.45) is 5.45. The van der Waals surface area contributed by atoms with Crippen LogP contribution in [0.3, 0.4) is 0 Å². The number of aliphatic hydroxyl groups is 1. The molecule has 1 aliphatic carbocycles. The summed E-state index contributed by atoms with van der Waals surface area (Å²) in [5.41, 5.74) is -0.219. The second-order valence-corrected chi connectivity index (χ2v) is 4.32. The molecule has 0 spiro atoms. The van der Waals surface area contributed by atoms with Crippen LogP contribution in [-0.4, -0.2) is 20.8 Å². The molecular formula is C11H16N2O2. The molecule has 0 bridgehead atoms. The number of hydrogen-bond acceptors (Lipinski definition) is 3. The standard InChI is InChI=1S/C11H16N2O2/c1-8-3-4-9(14)7-10(8)13-6-2-5-12-11(13)15/h2,5-6,8-10,14H,3-4,7H2,1H3. The van der Waals surface area contributed by atoms with Gasteiger partial charge in [-0.05, 0) is 31.2 Å². The highest BCUT2D eigenvalue weighted by molar-refractivity contribution is 4.89. The van der Waals surface area contributed by atoms with Crippen molar-refractivity contribution in [1.82, 2.24) is 9.55 Å². The maximum absolute atomic E-state index is 11.5. The first kappa shape index (κ1) is 10.4. The van der Waals surface area contributed by atoms with Crippen LogP contribution in [0.4, 0.5) is 0 Å². The van der Waals surface area contributed by atoms with Crippen molar-refractivity contribution in [2.24, 2.45) is 5.92 Å². The Kier molecular flexibility index (Phi) is 2.86. The molecule has 15 heavy (non-hydrogen) atoms. The van der Waals surface area contributed by atoms with E-state index in [1.807, 2.05) is 0 Å². The molecule has 0 aliphatic heterocycles. The SMILES string of the molecule is CC1CCC(O)CC1n1cccnc1=O. The van der Waals surface area contributed by atoms with E-state index >= 15 is 0 Å². The highest BCUT2D eigenvalue weighted by atomic mass is 16.3. The van der Waals surface area contributed by atoms with Crippen molar-refractivity contribution in [1.29, 1.82) is 0 Å². The van der Waals surface area contributed by atoms with Crippen LogP contribution in [-0.2, 0) is 0 Å². The van der Waals surface area contributed by atoms with Crippen molar-refractivity contribution in [2.45, 2.75) is 38.3 Å². The molecule has 3 atom stereocenters. The topological polar surface area (TPSA) is 55.1 Å². The summed E-state index contributed by atoms with van der Waals surface area (Å²) >= 11 is 0. The van der Waals surface area contributed by atoms with Gasteiger partial charge in [-0.25, -0.2) is 9.78 Å². The molecule has 1 aromatic heterocycles. The molecule has 0 amide bonds. The third-order valence-corrected chi connectivity index (χ3v) is 3.22. The number of nitrogens with zero attached hydrogens (tertiary/aromatic N) is 2. The Morgan fingerprint density at radius 3 is 3.07 bits per heavy atom. The van der Waals surface area contributed by atoms with Gasteiger partial charge in [-0.1, -0.05) is 6.92 Å². The molecule has 1 aromatic rings. The van der Waals surface area contributed by atoms with Gasteiger partial charge in [-0.15, -0.1) is 0 Å². The molecule has 1 N–H and O–H groups in total. The predicted octanol–water partition coefficient (Wildman–Crippen LogP) is 0.965. The number of rotatable bonds is 1. The number of hydrogen-bond donors (Lipinski definition) is 1. The summed E-state index contributed by atoms with van der Waals surface area (Å²) in [5.74, 6) is 0.426. The van der Waals surface area contributed by atoms with Crippen molar-refractivity contribution in [3.63, 3.8) is 0 Å². The minimum Gasteiger partial charge on any atom is -0.393 e. The Hall–Kier alpha value is -1.16. The molecule has 0 radical (unpaired) electrons. The van der Waals surface area contributed by atoms with Gasteiger partial charge >= 0.3 is 5.69 Å². The Bertz CT molecular complexity index is 388. The summed E-state index contributed by atoms with van der Waals surface area (Å²) in [7, 11) is 0. The lowest BCUT2D eigenvalue weighted by molar-refractivity contribution is 0.0762. The maximum Gasteiger partial charge on any atom is 0.347 e. The van der Waals surface area contributed by atoms with E-state index in [-0.39, 0.29) is 17.8 Å². The molecule has 1 heterocycles. The van der Waals surface area contributed by atoms with Gasteiger partial charge in [0.05, 0.1) is 6.10 Å². The van der Waals surface area contributed by atoms with E-state index in [0.717, 1.165) is 12.8 Å². The second kappa shape index (κ2) is 4.14. The van der Waals surface area contributed by atoms with E-state index in [1.165, 1.54) is 6.20 Å². The van der Waals surface area contributed by atoms with Crippen molar-refractivity contribution < 1.29 is 5.11 Å². The maximum atomic E-state index is 11.5. The van der Waals surface area contributed by atoms with Crippen LogP contribution in [0, 0.1) is 5.92 Å². The fourth-order valence-electron chi connectivity index (χ4n) is 2.29. The van der Waals surface area contributed by atoms with E-state index in [9.17, 15) is 9.90 Å². The lowest BCUT2D eigenvalue weighted by atomic mass is 9.84. The first-order chi connectivity index (χ1) is 7.18. The van der Waals surface area contributed by atoms with Crippen molar-refractivity contribution in [2.75, 3.05) is 0 Å². The fourth-order valence-corrected chi connectivity index (χ4v) is 2.29. The van der Waals surface area contributed by atoms with Gasteiger partial charge in [-0.3, -0.25) is 4.57 Å². The van der Waals surface area contributed by atoms with Gasteiger partial charge in [0.2, 0.25) is 0 Å². The van der Waals surface area contributed by atoms with Gasteiger partial charge in [-0.2, -0.15) is 0 Å². The average Bonchev–Trinajstić information content (AvgIpc) is 2.23. The first-order valence-electron chi connectivity index (χ1n) is 5.39. The van der Waals surface area contributed by atoms with Gasteiger partial charge in [0.25, 0.3) is 0 Å². The number of aromatic nitrogens is 2. The van der Waals surface area contributed by atoms with Crippen LogP contribution in [0.5, 0.6) is 0 Å². The van der Waals surface area contributed by atoms with Gasteiger partial charge in [0, 0.05) is 18.4 Å². The van der Waals surface area contributed by atoms with Gasteiger partial charge < -0.3 is 5.11 Å². The second-order valence-electron chi connectivity index (χ2n) is 4.32. The van der Waals surface area contributed by atoms with Crippen LogP contribution in [0.15, 0.2) is 23.3 Å². The number of aliphatic hydroxyl groups excluding tert-OH is 1. The quantitative estimate of drug-likeness (QED) is 0.748. The largest absolute Gasteiger partial charge is 0.393 e. The zero-order valence-corrected chi connectivity index (χ0v) is 8.84. The summed E-state index contributed by atoms with van der Waals surface area (Å²) in [6, 6.07) is 1.85. The van der Waals surface area contributed by atoms with Gasteiger partial charge in [0.15, 0.2) is 0 Å². The van der Waals surface area contributed by atoms with Crippen LogP contribution >= 0.6 is 0 Å². The third kappa shape index (κ3) is 2.09. The average molecular weight is 208 g/mol. The van der Waals surface area contributed by atoms with E-state index in [1.54, 1.807) is 16.8 Å². The van der Waals surface area contributed by atoms with E-state index in [2.05, 4.69) is 11.9 Å². The molecule has 1 aliphatic rings. The van der Waals surface area contributed by atoms with Crippen molar-refractivity contribution >= 4 is 0 Å². The lowest BCUT2D eigenvalue weighted by Crippen LogP contribution is -2.35. The fraction of sp³-hybridized carbons (Fsp3) is 0.636. The summed E-state index contributed by atoms with van der Waals surface area (Å²) in [5, 5.41) is 9.61. The van der Waals surface area contributed by atoms with Crippen LogP contribution in [0.1, 0.15) is 32.2 Å². The minimum atomic E-state index is -0.279. The molecule has 1 saturated carbocycles. The Balaban J connectivity index is 2.29. The van der Waals surface area contributed by atoms with E-state index in [0.29, 0.717) is 12.3 Å². The summed E-state index contributed by atoms with van der Waals surface area (Å²) < 4.78 is 1.65. The zero-order chi connectivity index (χ0) is 10.8. The zero-order valence-electron chi connectivity index (χ0n) is 8.84. The molecule has 3 unspecified atom stereocenters. The Labute approximate surface area is 88.6 Å². The summed E-state index contributed by atoms with van der Waals surface area (Å²) in [4.78, 5) is 15.3. The molecule has 1 fully saturated rings. The van der Waals surface area contributed by atoms with Crippen LogP contribution in [0.25, 0.3) is 0 Å². The summed E-state index contributed by atoms with van der Waals surface area (Å²) in [6.45, 7) is 2.12. The molecule has 82 valence electrons. The molecular weight excluding hydrogens is 192 g/mol. The van der Waals surface area contributed by atoms with Gasteiger partial charge in [0.1, 0.15) is 0 Å². The molecule has 0 saturated heterocycles. The molecule has 4 nitrogen and oxygen atoms in total. The predicted molar refractivity (Wildman–Crippen MR) is 56.6 cm³/mol. The first-order valence-corrected chi connectivity index (χ1v) is 5.39. The lowest BCUT2D eigenvalue weighted by Gasteiger charge is -2.32. The highest BCUT2D eigenvalue weighted by Gasteiger charge is 2.28. The Morgan fingerprint density at radius 1 is 1.53 bits per heavy atom. The minimum absolute atomic E-state index is 0.0925. The van der Waals surface area contributed by atoms with E-state index < -0.39 is 0 Å². The monoisotopic (exact) mass is 208 g/mol. The highest BCUT2D eigenvalue weighted by Crippen LogP contribution is 2.32. The molecule has 2 rings (SSSR count). The van der Waals surface area contributed by atoms with Crippen LogP contribution in [0.2, 0.25) is 0 Å². The van der Waals surface area contributed by atoms with Crippen LogP contribution < -0.4 is 5.69 Å².